The van der Waals surface area contributed by atoms with E-state index in [4.69, 9.17) is 9.26 Å². The lowest BCUT2D eigenvalue weighted by Gasteiger charge is -2.21. The minimum atomic E-state index is -4.36. The van der Waals surface area contributed by atoms with Gasteiger partial charge in [0, 0.05) is 23.9 Å². The van der Waals surface area contributed by atoms with Gasteiger partial charge < -0.3 is 14.6 Å². The maximum absolute atomic E-state index is 12.9. The van der Waals surface area contributed by atoms with Crippen LogP contribution in [0.5, 0.6) is 5.75 Å². The third kappa shape index (κ3) is 5.67. The van der Waals surface area contributed by atoms with Gasteiger partial charge in [-0.05, 0) is 73.5 Å². The fraction of sp³-hybridized carbons (Fsp3) is 0.259. The SMILES string of the molecule is COc1ccc(C(=O)Nc2ccc(-c3noc(C4CCCN4Cc4ccc(C(F)(F)F)cc4)n3)cn2)cc1. The number of methoxy groups -OCH3 is 1. The van der Waals surface area contributed by atoms with Crippen LogP contribution in [0, 0.1) is 0 Å². The number of alkyl halides is 3. The first-order valence-electron chi connectivity index (χ1n) is 12.0. The van der Waals surface area contributed by atoms with Crippen molar-refractivity contribution < 1.29 is 27.2 Å². The average Bonchev–Trinajstić information content (AvgIpc) is 3.59. The second-order valence-electron chi connectivity index (χ2n) is 8.89. The smallest absolute Gasteiger partial charge is 0.416 e. The summed E-state index contributed by atoms with van der Waals surface area (Å²) < 4.78 is 49.2. The maximum Gasteiger partial charge on any atom is 0.416 e. The van der Waals surface area contributed by atoms with E-state index in [0.717, 1.165) is 37.1 Å². The Morgan fingerprint density at radius 2 is 1.87 bits per heavy atom. The van der Waals surface area contributed by atoms with Gasteiger partial charge in [0.2, 0.25) is 11.7 Å². The van der Waals surface area contributed by atoms with Gasteiger partial charge in [-0.3, -0.25) is 9.69 Å². The summed E-state index contributed by atoms with van der Waals surface area (Å²) in [7, 11) is 1.56. The topological polar surface area (TPSA) is 93.4 Å². The lowest BCUT2D eigenvalue weighted by Crippen LogP contribution is -2.23. The van der Waals surface area contributed by atoms with E-state index in [1.165, 1.54) is 12.1 Å². The fourth-order valence-electron chi connectivity index (χ4n) is 4.35. The molecule has 1 fully saturated rings. The van der Waals surface area contributed by atoms with Crippen LogP contribution in [0.25, 0.3) is 11.4 Å². The van der Waals surface area contributed by atoms with Gasteiger partial charge in [0.15, 0.2) is 0 Å². The Labute approximate surface area is 216 Å². The number of aromatic nitrogens is 3. The number of likely N-dealkylation sites (tertiary alicyclic amines) is 1. The lowest BCUT2D eigenvalue weighted by atomic mass is 10.1. The van der Waals surface area contributed by atoms with Gasteiger partial charge in [0.05, 0.1) is 18.7 Å². The molecule has 196 valence electrons. The zero-order chi connectivity index (χ0) is 26.7. The van der Waals surface area contributed by atoms with Crippen LogP contribution in [0.2, 0.25) is 0 Å². The average molecular weight is 524 g/mol. The van der Waals surface area contributed by atoms with Crippen LogP contribution in [-0.4, -0.2) is 39.6 Å². The predicted molar refractivity (Wildman–Crippen MR) is 132 cm³/mol. The molecular weight excluding hydrogens is 499 g/mol. The van der Waals surface area contributed by atoms with Crippen LogP contribution >= 0.6 is 0 Å². The summed E-state index contributed by atoms with van der Waals surface area (Å²) in [5.74, 6) is 1.54. The number of nitrogens with one attached hydrogen (secondary N) is 1. The Morgan fingerprint density at radius 1 is 1.11 bits per heavy atom. The monoisotopic (exact) mass is 523 g/mol. The molecule has 1 N–H and O–H groups in total. The number of rotatable bonds is 7. The molecule has 1 amide bonds. The van der Waals surface area contributed by atoms with E-state index in [9.17, 15) is 18.0 Å². The van der Waals surface area contributed by atoms with Gasteiger partial charge >= 0.3 is 6.18 Å². The number of ether oxygens (including phenoxy) is 1. The molecule has 3 heterocycles. The minimum Gasteiger partial charge on any atom is -0.497 e. The molecule has 1 unspecified atom stereocenters. The summed E-state index contributed by atoms with van der Waals surface area (Å²) in [6.45, 7) is 1.25. The highest BCUT2D eigenvalue weighted by atomic mass is 19.4. The van der Waals surface area contributed by atoms with Gasteiger partial charge in [-0.25, -0.2) is 4.98 Å². The number of amides is 1. The Hall–Kier alpha value is -4.25. The fourth-order valence-corrected chi connectivity index (χ4v) is 4.35. The summed E-state index contributed by atoms with van der Waals surface area (Å²) in [6, 6.07) is 15.2. The van der Waals surface area contributed by atoms with Gasteiger partial charge in [-0.1, -0.05) is 17.3 Å². The van der Waals surface area contributed by atoms with E-state index in [-0.39, 0.29) is 11.9 Å². The van der Waals surface area contributed by atoms with Crippen LogP contribution in [-0.2, 0) is 12.7 Å². The van der Waals surface area contributed by atoms with Gasteiger partial charge in [-0.15, -0.1) is 0 Å². The molecule has 5 rings (SSSR count). The molecule has 1 aliphatic rings. The second-order valence-corrected chi connectivity index (χ2v) is 8.89. The van der Waals surface area contributed by atoms with Crippen LogP contribution in [0.4, 0.5) is 19.0 Å². The number of hydrogen-bond donors (Lipinski definition) is 1. The molecule has 8 nitrogen and oxygen atoms in total. The summed E-state index contributed by atoms with van der Waals surface area (Å²) in [5.41, 5.74) is 1.20. The highest BCUT2D eigenvalue weighted by Crippen LogP contribution is 2.34. The zero-order valence-electron chi connectivity index (χ0n) is 20.4. The zero-order valence-corrected chi connectivity index (χ0v) is 20.4. The summed E-state index contributed by atoms with van der Waals surface area (Å²) >= 11 is 0. The molecule has 2 aromatic heterocycles. The molecule has 0 radical (unpaired) electrons. The third-order valence-corrected chi connectivity index (χ3v) is 6.37. The van der Waals surface area contributed by atoms with E-state index >= 15 is 0 Å². The highest BCUT2D eigenvalue weighted by molar-refractivity contribution is 6.03. The van der Waals surface area contributed by atoms with Crippen molar-refractivity contribution in [3.8, 4) is 17.1 Å². The molecule has 11 heteroatoms. The highest BCUT2D eigenvalue weighted by Gasteiger charge is 2.32. The molecule has 0 bridgehead atoms. The maximum atomic E-state index is 12.9. The van der Waals surface area contributed by atoms with E-state index < -0.39 is 11.7 Å². The number of pyridine rings is 1. The number of benzene rings is 2. The molecule has 1 saturated heterocycles. The molecule has 0 saturated carbocycles. The van der Waals surface area contributed by atoms with Gasteiger partial charge in [0.1, 0.15) is 11.6 Å². The summed E-state index contributed by atoms with van der Waals surface area (Å²) in [4.78, 5) is 23.4. The molecular formula is C27H24F3N5O3. The number of carbonyl (C=O) groups excluding carboxylic acids is 1. The Kier molecular flexibility index (Phi) is 7.10. The minimum absolute atomic E-state index is 0.130. The van der Waals surface area contributed by atoms with E-state index in [2.05, 4.69) is 25.3 Å². The van der Waals surface area contributed by atoms with Crippen LogP contribution in [0.15, 0.2) is 71.4 Å². The van der Waals surface area contributed by atoms with E-state index in [1.807, 2.05) is 0 Å². The summed E-state index contributed by atoms with van der Waals surface area (Å²) in [5, 5.41) is 6.83. The van der Waals surface area contributed by atoms with Crippen LogP contribution < -0.4 is 10.1 Å². The van der Waals surface area contributed by atoms with Gasteiger partial charge in [0.25, 0.3) is 5.91 Å². The van der Waals surface area contributed by atoms with E-state index in [0.29, 0.717) is 41.0 Å². The Bertz CT molecular complexity index is 1390. The van der Waals surface area contributed by atoms with Crippen molar-refractivity contribution in [3.63, 3.8) is 0 Å². The Morgan fingerprint density at radius 3 is 2.53 bits per heavy atom. The van der Waals surface area contributed by atoms with Crippen molar-refractivity contribution in [2.24, 2.45) is 0 Å². The number of nitrogens with zero attached hydrogens (tertiary/aromatic N) is 4. The van der Waals surface area contributed by atoms with Crippen molar-refractivity contribution in [1.29, 1.82) is 0 Å². The van der Waals surface area contributed by atoms with Crippen molar-refractivity contribution >= 4 is 11.7 Å². The van der Waals surface area contributed by atoms with Crippen molar-refractivity contribution in [2.45, 2.75) is 31.6 Å². The summed E-state index contributed by atoms with van der Waals surface area (Å²) in [6.07, 6.45) is -1.10. The van der Waals surface area contributed by atoms with Crippen molar-refractivity contribution in [1.82, 2.24) is 20.0 Å². The number of halogens is 3. The molecule has 0 spiro atoms. The third-order valence-electron chi connectivity index (χ3n) is 6.37. The molecule has 2 aromatic carbocycles. The van der Waals surface area contributed by atoms with E-state index in [1.54, 1.807) is 49.7 Å². The molecule has 38 heavy (non-hydrogen) atoms. The normalized spacial score (nSPS) is 15.9. The van der Waals surface area contributed by atoms with Crippen LogP contribution in [0.3, 0.4) is 0 Å². The standard InChI is InChI=1S/C27H24F3N5O3/c1-37-21-11-6-18(7-12-21)25(36)32-23-13-8-19(15-31-23)24-33-26(38-34-24)22-3-2-14-35(22)16-17-4-9-20(10-5-17)27(28,29)30/h4-13,15,22H,2-3,14,16H2,1H3,(H,31,32,36). The van der Waals surface area contributed by atoms with Gasteiger partial charge in [-0.2, -0.15) is 18.2 Å². The van der Waals surface area contributed by atoms with Crippen molar-refractivity contribution in [2.75, 3.05) is 19.0 Å². The molecule has 1 atom stereocenters. The predicted octanol–water partition coefficient (Wildman–Crippen LogP) is 5.75. The molecule has 1 aliphatic heterocycles. The Balaban J connectivity index is 1.23. The number of hydrogen-bond acceptors (Lipinski definition) is 7. The van der Waals surface area contributed by atoms with Crippen LogP contribution in [0.1, 0.15) is 46.3 Å². The molecule has 4 aromatic rings. The first-order valence-corrected chi connectivity index (χ1v) is 12.0. The molecule has 0 aliphatic carbocycles. The second kappa shape index (κ2) is 10.6. The lowest BCUT2D eigenvalue weighted by molar-refractivity contribution is -0.137. The number of anilines is 1. The van der Waals surface area contributed by atoms with Crippen molar-refractivity contribution in [3.05, 3.63) is 89.4 Å². The largest absolute Gasteiger partial charge is 0.497 e. The first-order chi connectivity index (χ1) is 18.3. The first kappa shape index (κ1) is 25.4. The quantitative estimate of drug-likeness (QED) is 0.330. The number of carbonyl (C=O) groups is 1.